The van der Waals surface area contributed by atoms with E-state index < -0.39 is 33.2 Å². The summed E-state index contributed by atoms with van der Waals surface area (Å²) in [6, 6.07) is 11.8. The lowest BCUT2D eigenvalue weighted by molar-refractivity contribution is -0.131. The Kier molecular flexibility index (Phi) is 5.21. The molecule has 2 aliphatic heterocycles. The maximum Gasteiger partial charge on any atom is 0.256 e. The van der Waals surface area contributed by atoms with Gasteiger partial charge in [-0.05, 0) is 29.8 Å². The minimum absolute atomic E-state index is 0.00341. The molecule has 1 spiro atoms. The van der Waals surface area contributed by atoms with E-state index in [0.717, 1.165) is 0 Å². The van der Waals surface area contributed by atoms with E-state index >= 15 is 0 Å². The number of piperidine rings is 1. The highest BCUT2D eigenvalue weighted by Crippen LogP contribution is 2.39. The molecule has 2 fully saturated rings. The fraction of sp³-hybridized carbons (Fsp3) is 0.333. The number of nitrogens with zero attached hydrogens (tertiary/aromatic N) is 2. The molecule has 4 rings (SSSR count). The Morgan fingerprint density at radius 3 is 2.48 bits per heavy atom. The van der Waals surface area contributed by atoms with E-state index in [0.29, 0.717) is 18.4 Å². The van der Waals surface area contributed by atoms with Crippen LogP contribution >= 0.6 is 0 Å². The van der Waals surface area contributed by atoms with Gasteiger partial charge < -0.3 is 9.80 Å². The number of likely N-dealkylation sites (tertiary alicyclic amines) is 1. The van der Waals surface area contributed by atoms with Gasteiger partial charge in [0.1, 0.15) is 22.3 Å². The van der Waals surface area contributed by atoms with Gasteiger partial charge in [0.25, 0.3) is 5.91 Å². The number of hydrogen-bond acceptors (Lipinski definition) is 3. The zero-order chi connectivity index (χ0) is 20.6. The van der Waals surface area contributed by atoms with Crippen molar-refractivity contribution in [2.45, 2.75) is 24.3 Å². The summed E-state index contributed by atoms with van der Waals surface area (Å²) >= 11 is 0. The third-order valence-electron chi connectivity index (χ3n) is 5.64. The molecule has 0 aromatic heterocycles. The van der Waals surface area contributed by atoms with E-state index in [9.17, 15) is 22.6 Å². The first-order valence-corrected chi connectivity index (χ1v) is 10.7. The van der Waals surface area contributed by atoms with Gasteiger partial charge in [-0.15, -0.1) is 0 Å². The standard InChI is InChI=1S/C21H20F2N2O3S/c22-16-5-3-4-15(12-16)13-25-19(26)14-29(28)21(25)8-10-24(11-9-21)20(27)17-6-1-2-7-18(17)23/h1-7,12H,8-11,13-14H2. The van der Waals surface area contributed by atoms with Gasteiger partial charge >= 0.3 is 0 Å². The minimum atomic E-state index is -1.41. The summed E-state index contributed by atoms with van der Waals surface area (Å²) in [4.78, 5) is 27.4. The van der Waals surface area contributed by atoms with Crippen molar-refractivity contribution in [2.24, 2.45) is 0 Å². The molecule has 1 atom stereocenters. The van der Waals surface area contributed by atoms with E-state index in [-0.39, 0.29) is 36.9 Å². The second-order valence-electron chi connectivity index (χ2n) is 7.32. The predicted octanol–water partition coefficient (Wildman–Crippen LogP) is 2.69. The Morgan fingerprint density at radius 2 is 1.79 bits per heavy atom. The summed E-state index contributed by atoms with van der Waals surface area (Å²) < 4.78 is 40.3. The molecule has 0 bridgehead atoms. The number of carbonyl (C=O) groups is 2. The zero-order valence-corrected chi connectivity index (χ0v) is 16.5. The van der Waals surface area contributed by atoms with Crippen LogP contribution in [0.15, 0.2) is 48.5 Å². The molecule has 2 amide bonds. The SMILES string of the molecule is O=C(c1ccccc1F)N1CCC2(CC1)N(Cc1cccc(F)c1)C(=O)CS2=O. The van der Waals surface area contributed by atoms with Gasteiger partial charge in [0, 0.05) is 32.5 Å². The number of halogens is 2. The molecular weight excluding hydrogens is 398 g/mol. The van der Waals surface area contributed by atoms with Crippen molar-refractivity contribution in [3.05, 3.63) is 71.3 Å². The quantitative estimate of drug-likeness (QED) is 0.770. The molecule has 29 heavy (non-hydrogen) atoms. The van der Waals surface area contributed by atoms with Gasteiger partial charge in [0.05, 0.1) is 16.4 Å². The van der Waals surface area contributed by atoms with Crippen LogP contribution < -0.4 is 0 Å². The van der Waals surface area contributed by atoms with Crippen molar-refractivity contribution < 1.29 is 22.6 Å². The van der Waals surface area contributed by atoms with Crippen molar-refractivity contribution in [1.29, 1.82) is 0 Å². The van der Waals surface area contributed by atoms with Crippen molar-refractivity contribution in [2.75, 3.05) is 18.8 Å². The Labute approximate surface area is 169 Å². The van der Waals surface area contributed by atoms with Crippen molar-refractivity contribution in [3.63, 3.8) is 0 Å². The van der Waals surface area contributed by atoms with Crippen molar-refractivity contribution >= 4 is 22.6 Å². The fourth-order valence-corrected chi connectivity index (χ4v) is 5.79. The van der Waals surface area contributed by atoms with E-state index in [1.54, 1.807) is 23.1 Å². The third kappa shape index (κ3) is 3.57. The van der Waals surface area contributed by atoms with E-state index in [1.807, 2.05) is 0 Å². The summed E-state index contributed by atoms with van der Waals surface area (Å²) in [6.07, 6.45) is 0.668. The minimum Gasteiger partial charge on any atom is -0.338 e. The molecule has 0 aliphatic carbocycles. The average molecular weight is 418 g/mol. The highest BCUT2D eigenvalue weighted by Gasteiger charge is 2.53. The second-order valence-corrected chi connectivity index (χ2v) is 9.06. The molecule has 2 saturated heterocycles. The molecule has 5 nitrogen and oxygen atoms in total. The molecular formula is C21H20F2N2O3S. The lowest BCUT2D eigenvalue weighted by atomic mass is 10.00. The van der Waals surface area contributed by atoms with Crippen LogP contribution in [0.3, 0.4) is 0 Å². The maximum absolute atomic E-state index is 14.0. The van der Waals surface area contributed by atoms with E-state index in [1.165, 1.54) is 35.2 Å². The van der Waals surface area contributed by atoms with Crippen LogP contribution in [0.25, 0.3) is 0 Å². The topological polar surface area (TPSA) is 57.7 Å². The maximum atomic E-state index is 14.0. The first-order valence-electron chi connectivity index (χ1n) is 9.38. The summed E-state index contributed by atoms with van der Waals surface area (Å²) in [7, 11) is -1.41. The van der Waals surface area contributed by atoms with Gasteiger partial charge in [-0.3, -0.25) is 13.8 Å². The van der Waals surface area contributed by atoms with Gasteiger partial charge in [-0.25, -0.2) is 8.78 Å². The summed E-state index contributed by atoms with van der Waals surface area (Å²) in [6.45, 7) is 0.710. The molecule has 0 N–H and O–H groups in total. The molecule has 2 aromatic carbocycles. The fourth-order valence-electron chi connectivity index (χ4n) is 4.09. The van der Waals surface area contributed by atoms with E-state index in [2.05, 4.69) is 0 Å². The van der Waals surface area contributed by atoms with Crippen molar-refractivity contribution in [3.8, 4) is 0 Å². The third-order valence-corrected chi connectivity index (χ3v) is 7.62. The summed E-state index contributed by atoms with van der Waals surface area (Å²) in [5, 5.41) is 0. The number of carbonyl (C=O) groups excluding carboxylic acids is 2. The zero-order valence-electron chi connectivity index (χ0n) is 15.6. The molecule has 0 saturated carbocycles. The van der Waals surface area contributed by atoms with Gasteiger partial charge in [-0.1, -0.05) is 24.3 Å². The van der Waals surface area contributed by atoms with Gasteiger partial charge in [0.15, 0.2) is 0 Å². The first kappa shape index (κ1) is 19.7. The number of hydrogen-bond donors (Lipinski definition) is 0. The van der Waals surface area contributed by atoms with E-state index in [4.69, 9.17) is 0 Å². The first-order chi connectivity index (χ1) is 13.9. The molecule has 8 heteroatoms. The largest absolute Gasteiger partial charge is 0.338 e. The number of amides is 2. The normalized spacial score (nSPS) is 21.0. The van der Waals surface area contributed by atoms with Crippen LogP contribution in [-0.4, -0.2) is 49.5 Å². The summed E-state index contributed by atoms with van der Waals surface area (Å²) in [5.74, 6) is -1.69. The summed E-state index contributed by atoms with van der Waals surface area (Å²) in [5.41, 5.74) is 0.630. The molecule has 2 aromatic rings. The van der Waals surface area contributed by atoms with Crippen LogP contribution in [0, 0.1) is 11.6 Å². The number of rotatable bonds is 3. The smallest absolute Gasteiger partial charge is 0.256 e. The highest BCUT2D eigenvalue weighted by molar-refractivity contribution is 7.87. The Bertz CT molecular complexity index is 989. The number of benzene rings is 2. The molecule has 1 unspecified atom stereocenters. The lowest BCUT2D eigenvalue weighted by Crippen LogP contribution is -2.55. The van der Waals surface area contributed by atoms with Crippen LogP contribution in [0.5, 0.6) is 0 Å². The highest BCUT2D eigenvalue weighted by atomic mass is 32.2. The Balaban J connectivity index is 1.53. The Hall–Kier alpha value is -2.61. The van der Waals surface area contributed by atoms with Gasteiger partial charge in [-0.2, -0.15) is 0 Å². The molecule has 152 valence electrons. The molecule has 0 radical (unpaired) electrons. The van der Waals surface area contributed by atoms with Crippen molar-refractivity contribution in [1.82, 2.24) is 9.80 Å². The monoisotopic (exact) mass is 418 g/mol. The molecule has 2 aliphatic rings. The van der Waals surface area contributed by atoms with Crippen LogP contribution in [0.4, 0.5) is 8.78 Å². The predicted molar refractivity (Wildman–Crippen MR) is 104 cm³/mol. The lowest BCUT2D eigenvalue weighted by Gasteiger charge is -2.43. The average Bonchev–Trinajstić information content (AvgIpc) is 2.92. The Morgan fingerprint density at radius 1 is 1.07 bits per heavy atom. The van der Waals surface area contributed by atoms with Crippen LogP contribution in [0.1, 0.15) is 28.8 Å². The van der Waals surface area contributed by atoms with Crippen LogP contribution in [0.2, 0.25) is 0 Å². The second kappa shape index (κ2) is 7.67. The van der Waals surface area contributed by atoms with Gasteiger partial charge in [0.2, 0.25) is 5.91 Å². The molecule has 2 heterocycles. The van der Waals surface area contributed by atoms with Crippen LogP contribution in [-0.2, 0) is 22.1 Å².